The molecule has 1 saturated carbocycles. The molecule has 0 spiro atoms. The highest BCUT2D eigenvalue weighted by Crippen LogP contribution is 2.59. The van der Waals surface area contributed by atoms with Gasteiger partial charge in [0.1, 0.15) is 0 Å². The van der Waals surface area contributed by atoms with Crippen molar-refractivity contribution in [2.45, 2.75) is 20.8 Å². The number of anilines is 1. The SMILES string of the molecule is CCOC(=O)c1ccccc1N1C(=O)[C@@H]2[C@H](C1=O)[C@H]1C=C[C@H]2C1=C(c1ccc(C)cc1)c1ccc(C)cc1. The zero-order valence-electron chi connectivity index (χ0n) is 21.7. The molecule has 3 aromatic carbocycles. The van der Waals surface area contributed by atoms with Crippen molar-refractivity contribution in [1.29, 1.82) is 0 Å². The number of esters is 1. The zero-order chi connectivity index (χ0) is 26.6. The first kappa shape index (κ1) is 24.1. The number of fused-ring (bicyclic) bond motifs is 5. The maximum atomic E-state index is 13.9. The number of allylic oxidation sites excluding steroid dienone is 3. The summed E-state index contributed by atoms with van der Waals surface area (Å²) in [5.74, 6) is -2.39. The van der Waals surface area contributed by atoms with Gasteiger partial charge in [-0.05, 0) is 55.2 Å². The number of amides is 2. The largest absolute Gasteiger partial charge is 0.462 e. The van der Waals surface area contributed by atoms with Gasteiger partial charge in [0, 0.05) is 11.8 Å². The van der Waals surface area contributed by atoms with E-state index in [1.54, 1.807) is 31.2 Å². The number of hydrogen-bond acceptors (Lipinski definition) is 4. The van der Waals surface area contributed by atoms with Gasteiger partial charge in [0.05, 0.1) is 29.7 Å². The Bertz CT molecular complexity index is 1430. The normalized spacial score (nSPS) is 23.2. The van der Waals surface area contributed by atoms with E-state index in [9.17, 15) is 14.4 Å². The molecule has 3 aromatic rings. The van der Waals surface area contributed by atoms with E-state index in [-0.39, 0.29) is 35.8 Å². The number of nitrogens with zero attached hydrogens (tertiary/aromatic N) is 1. The van der Waals surface area contributed by atoms with E-state index < -0.39 is 17.8 Å². The Morgan fingerprint density at radius 3 is 1.76 bits per heavy atom. The molecule has 38 heavy (non-hydrogen) atoms. The molecule has 1 saturated heterocycles. The summed E-state index contributed by atoms with van der Waals surface area (Å²) in [5, 5.41) is 0. The van der Waals surface area contributed by atoms with Gasteiger partial charge >= 0.3 is 5.97 Å². The zero-order valence-corrected chi connectivity index (χ0v) is 21.7. The molecule has 2 aliphatic carbocycles. The van der Waals surface area contributed by atoms with E-state index in [4.69, 9.17) is 4.74 Å². The van der Waals surface area contributed by atoms with Crippen LogP contribution in [-0.4, -0.2) is 24.4 Å². The highest BCUT2D eigenvalue weighted by molar-refractivity contribution is 6.25. The second kappa shape index (κ2) is 9.25. The molecule has 3 aliphatic rings. The maximum Gasteiger partial charge on any atom is 0.340 e. The number of imide groups is 1. The van der Waals surface area contributed by atoms with Crippen LogP contribution in [0.2, 0.25) is 0 Å². The van der Waals surface area contributed by atoms with Gasteiger partial charge in [-0.15, -0.1) is 0 Å². The molecule has 1 heterocycles. The van der Waals surface area contributed by atoms with Crippen molar-refractivity contribution in [1.82, 2.24) is 0 Å². The van der Waals surface area contributed by atoms with Gasteiger partial charge in [-0.25, -0.2) is 9.69 Å². The highest BCUT2D eigenvalue weighted by Gasteiger charge is 2.62. The second-order valence-electron chi connectivity index (χ2n) is 10.3. The average Bonchev–Trinajstić information content (AvgIpc) is 3.55. The topological polar surface area (TPSA) is 63.7 Å². The van der Waals surface area contributed by atoms with Crippen molar-refractivity contribution in [2.24, 2.45) is 23.7 Å². The molecule has 6 rings (SSSR count). The quantitative estimate of drug-likeness (QED) is 0.247. The number of carbonyl (C=O) groups excluding carboxylic acids is 3. The van der Waals surface area contributed by atoms with Crippen LogP contribution in [-0.2, 0) is 14.3 Å². The first-order chi connectivity index (χ1) is 18.4. The lowest BCUT2D eigenvalue weighted by molar-refractivity contribution is -0.122. The number of carbonyl (C=O) groups is 3. The summed E-state index contributed by atoms with van der Waals surface area (Å²) < 4.78 is 5.20. The fraction of sp³-hybridized carbons (Fsp3) is 0.242. The van der Waals surface area contributed by atoms with E-state index >= 15 is 0 Å². The van der Waals surface area contributed by atoms with Crippen LogP contribution in [0.1, 0.15) is 39.5 Å². The number of benzene rings is 3. The molecular weight excluding hydrogens is 474 g/mol. The van der Waals surface area contributed by atoms with Crippen LogP contribution in [0.15, 0.2) is 90.5 Å². The molecule has 5 nitrogen and oxygen atoms in total. The summed E-state index contributed by atoms with van der Waals surface area (Å²) in [6, 6.07) is 23.6. The van der Waals surface area contributed by atoms with Gasteiger partial charge < -0.3 is 4.74 Å². The molecule has 2 fully saturated rings. The average molecular weight is 504 g/mol. The molecule has 0 aromatic heterocycles. The Labute approximate surface area is 222 Å². The lowest BCUT2D eigenvalue weighted by Gasteiger charge is -2.23. The van der Waals surface area contributed by atoms with Gasteiger partial charge in [0.25, 0.3) is 0 Å². The fourth-order valence-corrected chi connectivity index (χ4v) is 6.32. The first-order valence-corrected chi connectivity index (χ1v) is 13.1. The third kappa shape index (κ3) is 3.65. The van der Waals surface area contributed by atoms with Gasteiger partial charge in [0.15, 0.2) is 0 Å². The summed E-state index contributed by atoms with van der Waals surface area (Å²) in [6.45, 7) is 6.07. The van der Waals surface area contributed by atoms with E-state index in [1.807, 2.05) is 0 Å². The standard InChI is InChI=1S/C33H29NO4/c1-4-38-33(37)23-7-5-6-8-26(23)34-31(35)29-24-17-18-25(30(29)32(34)36)28(24)27(21-13-9-19(2)10-14-21)22-15-11-20(3)12-16-22/h5-18,24-25,29-30H,4H2,1-3H3/t24-,25-,29-,30+/m0/s1. The summed E-state index contributed by atoms with van der Waals surface area (Å²) >= 11 is 0. The third-order valence-electron chi connectivity index (χ3n) is 8.03. The van der Waals surface area contributed by atoms with Crippen molar-refractivity contribution < 1.29 is 19.1 Å². The minimum absolute atomic E-state index is 0.182. The maximum absolute atomic E-state index is 13.9. The van der Waals surface area contributed by atoms with E-state index in [0.29, 0.717) is 5.69 Å². The fourth-order valence-electron chi connectivity index (χ4n) is 6.32. The Hall–Kier alpha value is -4.25. The molecular formula is C33H29NO4. The molecule has 5 heteroatoms. The van der Waals surface area contributed by atoms with Crippen molar-refractivity contribution in [3.63, 3.8) is 0 Å². The first-order valence-electron chi connectivity index (χ1n) is 13.1. The Morgan fingerprint density at radius 2 is 1.26 bits per heavy atom. The smallest absolute Gasteiger partial charge is 0.340 e. The summed E-state index contributed by atoms with van der Waals surface area (Å²) in [7, 11) is 0. The van der Waals surface area contributed by atoms with Crippen LogP contribution in [0.4, 0.5) is 5.69 Å². The number of para-hydroxylation sites is 1. The molecule has 0 N–H and O–H groups in total. The lowest BCUT2D eigenvalue weighted by Crippen LogP contribution is -2.34. The van der Waals surface area contributed by atoms with Crippen molar-refractivity contribution in [3.8, 4) is 0 Å². The predicted molar refractivity (Wildman–Crippen MR) is 146 cm³/mol. The van der Waals surface area contributed by atoms with Crippen LogP contribution in [0.5, 0.6) is 0 Å². The number of ether oxygens (including phenoxy) is 1. The number of hydrogen-bond donors (Lipinski definition) is 0. The van der Waals surface area contributed by atoms with E-state index in [0.717, 1.165) is 22.3 Å². The summed E-state index contributed by atoms with van der Waals surface area (Å²) in [6.07, 6.45) is 4.19. The second-order valence-corrected chi connectivity index (χ2v) is 10.3. The molecule has 2 bridgehead atoms. The number of rotatable bonds is 5. The Kier molecular flexibility index (Phi) is 5.87. The van der Waals surface area contributed by atoms with Crippen LogP contribution in [0.25, 0.3) is 5.57 Å². The Balaban J connectivity index is 1.46. The minimum atomic E-state index is -0.538. The lowest BCUT2D eigenvalue weighted by atomic mass is 9.85. The minimum Gasteiger partial charge on any atom is -0.462 e. The molecule has 0 radical (unpaired) electrons. The van der Waals surface area contributed by atoms with E-state index in [2.05, 4.69) is 74.5 Å². The van der Waals surface area contributed by atoms with Crippen molar-refractivity contribution in [2.75, 3.05) is 11.5 Å². The van der Waals surface area contributed by atoms with Crippen LogP contribution in [0.3, 0.4) is 0 Å². The third-order valence-corrected chi connectivity index (χ3v) is 8.03. The van der Waals surface area contributed by atoms with E-state index in [1.165, 1.54) is 16.0 Å². The van der Waals surface area contributed by atoms with Gasteiger partial charge in [-0.2, -0.15) is 0 Å². The Morgan fingerprint density at radius 1 is 0.763 bits per heavy atom. The van der Waals surface area contributed by atoms with Crippen LogP contribution >= 0.6 is 0 Å². The summed E-state index contributed by atoms with van der Waals surface area (Å²) in [5.41, 5.74) is 7.27. The number of aryl methyl sites for hydroxylation is 2. The van der Waals surface area contributed by atoms with Crippen LogP contribution < -0.4 is 4.90 Å². The molecule has 0 unspecified atom stereocenters. The van der Waals surface area contributed by atoms with Gasteiger partial charge in [-0.1, -0.05) is 83.9 Å². The van der Waals surface area contributed by atoms with Gasteiger partial charge in [0.2, 0.25) is 11.8 Å². The predicted octanol–water partition coefficient (Wildman–Crippen LogP) is 5.90. The van der Waals surface area contributed by atoms with Gasteiger partial charge in [-0.3, -0.25) is 9.59 Å². The molecule has 1 aliphatic heterocycles. The van der Waals surface area contributed by atoms with Crippen molar-refractivity contribution >= 4 is 29.0 Å². The monoisotopic (exact) mass is 503 g/mol. The van der Waals surface area contributed by atoms with Crippen LogP contribution in [0, 0.1) is 37.5 Å². The molecule has 190 valence electrons. The van der Waals surface area contributed by atoms with Crippen molar-refractivity contribution in [3.05, 3.63) is 118 Å². The molecule has 2 amide bonds. The molecule has 4 atom stereocenters. The summed E-state index contributed by atoms with van der Waals surface area (Å²) in [4.78, 5) is 41.8. The highest BCUT2D eigenvalue weighted by atomic mass is 16.5.